The molecule has 1 atom stereocenters. The van der Waals surface area contributed by atoms with E-state index in [4.69, 9.17) is 0 Å². The van der Waals surface area contributed by atoms with Gasteiger partial charge in [-0.3, -0.25) is 4.99 Å². The van der Waals surface area contributed by atoms with Gasteiger partial charge in [0.25, 0.3) is 0 Å². The molecular formula is C24H34NOP. The molecule has 0 radical (unpaired) electrons. The SMILES string of the molecule is CN=C(C)c1cccc(C)c1Pc1cc(C(C)(C)C)cc(C(C)(C)C)c1O. The van der Waals surface area contributed by atoms with Crippen molar-refractivity contribution in [2.45, 2.75) is 66.2 Å². The molecule has 0 fully saturated rings. The Kier molecular flexibility index (Phi) is 6.22. The summed E-state index contributed by atoms with van der Waals surface area (Å²) >= 11 is 0. The van der Waals surface area contributed by atoms with E-state index in [-0.39, 0.29) is 10.8 Å². The van der Waals surface area contributed by atoms with Crippen molar-refractivity contribution >= 4 is 24.9 Å². The first-order valence-electron chi connectivity index (χ1n) is 9.54. The van der Waals surface area contributed by atoms with Crippen LogP contribution in [0.2, 0.25) is 0 Å². The minimum Gasteiger partial charge on any atom is -0.507 e. The molecule has 0 spiro atoms. The minimum absolute atomic E-state index is 0.0300. The van der Waals surface area contributed by atoms with E-state index in [1.54, 1.807) is 0 Å². The van der Waals surface area contributed by atoms with Gasteiger partial charge in [-0.05, 0) is 47.2 Å². The van der Waals surface area contributed by atoms with Crippen LogP contribution in [0.25, 0.3) is 0 Å². The number of rotatable bonds is 3. The Morgan fingerprint density at radius 2 is 1.63 bits per heavy atom. The smallest absolute Gasteiger partial charge is 0.127 e. The summed E-state index contributed by atoms with van der Waals surface area (Å²) in [6.07, 6.45) is 0. The van der Waals surface area contributed by atoms with Gasteiger partial charge < -0.3 is 5.11 Å². The van der Waals surface area contributed by atoms with Gasteiger partial charge in [0.15, 0.2) is 0 Å². The Morgan fingerprint density at radius 3 is 2.15 bits per heavy atom. The molecule has 0 aliphatic rings. The third-order valence-electron chi connectivity index (χ3n) is 5.04. The highest BCUT2D eigenvalue weighted by atomic mass is 31.1. The summed E-state index contributed by atoms with van der Waals surface area (Å²) < 4.78 is 0. The molecule has 27 heavy (non-hydrogen) atoms. The fourth-order valence-electron chi connectivity index (χ4n) is 3.12. The maximum Gasteiger partial charge on any atom is 0.127 e. The maximum atomic E-state index is 11.1. The summed E-state index contributed by atoms with van der Waals surface area (Å²) in [5.74, 6) is 0.439. The Bertz CT molecular complexity index is 867. The van der Waals surface area contributed by atoms with E-state index >= 15 is 0 Å². The first kappa shape index (κ1) is 21.6. The van der Waals surface area contributed by atoms with Gasteiger partial charge in [0.2, 0.25) is 0 Å². The van der Waals surface area contributed by atoms with E-state index in [1.807, 2.05) is 7.05 Å². The average molecular weight is 384 g/mol. The highest BCUT2D eigenvalue weighted by Gasteiger charge is 2.25. The molecule has 0 saturated carbocycles. The topological polar surface area (TPSA) is 32.6 Å². The Labute approximate surface area is 166 Å². The van der Waals surface area contributed by atoms with Crippen LogP contribution in [0.4, 0.5) is 0 Å². The highest BCUT2D eigenvalue weighted by molar-refractivity contribution is 7.56. The number of benzene rings is 2. The number of phenolic OH excluding ortho intramolecular Hbond substituents is 1. The van der Waals surface area contributed by atoms with Gasteiger partial charge in [0.1, 0.15) is 5.75 Å². The van der Waals surface area contributed by atoms with Crippen LogP contribution in [0.3, 0.4) is 0 Å². The molecule has 0 bridgehead atoms. The van der Waals surface area contributed by atoms with Crippen molar-refractivity contribution in [1.82, 2.24) is 0 Å². The van der Waals surface area contributed by atoms with Crippen LogP contribution in [0.5, 0.6) is 5.75 Å². The Balaban J connectivity index is 2.71. The summed E-state index contributed by atoms with van der Waals surface area (Å²) in [6.45, 7) is 17.4. The largest absolute Gasteiger partial charge is 0.507 e. The van der Waals surface area contributed by atoms with Crippen molar-refractivity contribution in [2.75, 3.05) is 7.05 Å². The molecular weight excluding hydrogens is 349 g/mol. The molecule has 2 aromatic rings. The molecule has 0 aliphatic heterocycles. The van der Waals surface area contributed by atoms with E-state index < -0.39 is 0 Å². The summed E-state index contributed by atoms with van der Waals surface area (Å²) in [5.41, 5.74) is 5.66. The predicted molar refractivity (Wildman–Crippen MR) is 122 cm³/mol. The second-order valence-corrected chi connectivity index (χ2v) is 10.6. The molecule has 0 amide bonds. The molecule has 0 saturated heterocycles. The lowest BCUT2D eigenvalue weighted by molar-refractivity contribution is 0.449. The van der Waals surface area contributed by atoms with Crippen LogP contribution in [0, 0.1) is 6.92 Å². The molecule has 0 heterocycles. The molecule has 146 valence electrons. The van der Waals surface area contributed by atoms with E-state index in [0.29, 0.717) is 14.3 Å². The molecule has 3 heteroatoms. The van der Waals surface area contributed by atoms with Gasteiger partial charge in [0.05, 0.1) is 0 Å². The van der Waals surface area contributed by atoms with Crippen molar-refractivity contribution < 1.29 is 5.11 Å². The van der Waals surface area contributed by atoms with E-state index in [9.17, 15) is 5.11 Å². The zero-order valence-electron chi connectivity index (χ0n) is 18.3. The van der Waals surface area contributed by atoms with Gasteiger partial charge in [-0.25, -0.2) is 0 Å². The monoisotopic (exact) mass is 383 g/mol. The number of hydrogen-bond donors (Lipinski definition) is 1. The molecule has 0 aliphatic carbocycles. The first-order chi connectivity index (χ1) is 12.4. The van der Waals surface area contributed by atoms with E-state index in [2.05, 4.69) is 90.7 Å². The normalized spacial score (nSPS) is 13.6. The van der Waals surface area contributed by atoms with Crippen molar-refractivity contribution in [3.8, 4) is 5.75 Å². The highest BCUT2D eigenvalue weighted by Crippen LogP contribution is 2.36. The number of nitrogens with zero attached hydrogens (tertiary/aromatic N) is 1. The summed E-state index contributed by atoms with van der Waals surface area (Å²) in [7, 11) is 2.22. The molecule has 1 unspecified atom stereocenters. The van der Waals surface area contributed by atoms with E-state index in [0.717, 1.165) is 16.6 Å². The van der Waals surface area contributed by atoms with E-state index in [1.165, 1.54) is 22.0 Å². The number of phenols is 1. The molecule has 1 N–H and O–H groups in total. The van der Waals surface area contributed by atoms with Crippen LogP contribution in [-0.4, -0.2) is 17.9 Å². The summed E-state index contributed by atoms with van der Waals surface area (Å²) in [6, 6.07) is 10.7. The first-order valence-corrected chi connectivity index (χ1v) is 10.5. The molecule has 2 aromatic carbocycles. The lowest BCUT2D eigenvalue weighted by Crippen LogP contribution is -2.22. The lowest BCUT2D eigenvalue weighted by atomic mass is 9.80. The maximum absolute atomic E-state index is 11.1. The van der Waals surface area contributed by atoms with Crippen molar-refractivity contribution in [2.24, 2.45) is 4.99 Å². The van der Waals surface area contributed by atoms with Crippen LogP contribution >= 0.6 is 8.58 Å². The van der Waals surface area contributed by atoms with Crippen molar-refractivity contribution in [3.63, 3.8) is 0 Å². The zero-order valence-corrected chi connectivity index (χ0v) is 19.3. The van der Waals surface area contributed by atoms with Gasteiger partial charge in [-0.2, -0.15) is 0 Å². The average Bonchev–Trinajstić information content (AvgIpc) is 2.55. The van der Waals surface area contributed by atoms with Crippen LogP contribution in [0.15, 0.2) is 35.3 Å². The second kappa shape index (κ2) is 7.76. The fraction of sp³-hybridized carbons (Fsp3) is 0.458. The van der Waals surface area contributed by atoms with Gasteiger partial charge in [-0.15, -0.1) is 0 Å². The van der Waals surface area contributed by atoms with Crippen molar-refractivity contribution in [1.29, 1.82) is 0 Å². The van der Waals surface area contributed by atoms with Gasteiger partial charge in [-0.1, -0.05) is 74.4 Å². The van der Waals surface area contributed by atoms with Crippen LogP contribution in [0.1, 0.15) is 70.7 Å². The van der Waals surface area contributed by atoms with Crippen LogP contribution < -0.4 is 10.6 Å². The number of aliphatic imine (C=N–C) groups is 1. The molecule has 0 aromatic heterocycles. The summed E-state index contributed by atoms with van der Waals surface area (Å²) in [4.78, 5) is 4.40. The number of aryl methyl sites for hydroxylation is 1. The Hall–Kier alpha value is -1.66. The minimum atomic E-state index is -0.111. The molecule has 2 nitrogen and oxygen atoms in total. The second-order valence-electron chi connectivity index (χ2n) is 9.35. The third-order valence-corrected chi connectivity index (χ3v) is 6.61. The quantitative estimate of drug-likeness (QED) is 0.561. The standard InChI is InChI=1S/C24H34NOP/c1-15-11-10-12-18(16(2)25-9)22(15)27-20-14-17(23(3,4)5)13-19(21(20)26)24(6,7)8/h10-14,26-27H,1-9H3. The fourth-order valence-corrected chi connectivity index (χ4v) is 4.55. The third kappa shape index (κ3) is 4.79. The van der Waals surface area contributed by atoms with Crippen LogP contribution in [-0.2, 0) is 10.8 Å². The lowest BCUT2D eigenvalue weighted by Gasteiger charge is -2.28. The number of aromatic hydroxyl groups is 1. The van der Waals surface area contributed by atoms with Crippen molar-refractivity contribution in [3.05, 3.63) is 52.6 Å². The van der Waals surface area contributed by atoms with Gasteiger partial charge >= 0.3 is 0 Å². The zero-order chi connectivity index (χ0) is 20.6. The van der Waals surface area contributed by atoms with Gasteiger partial charge in [0, 0.05) is 29.2 Å². The predicted octanol–water partition coefficient (Wildman–Crippen LogP) is 5.36. The molecule has 2 rings (SSSR count). The summed E-state index contributed by atoms with van der Waals surface area (Å²) in [5, 5.41) is 13.4. The Morgan fingerprint density at radius 1 is 1.00 bits per heavy atom. The number of hydrogen-bond acceptors (Lipinski definition) is 2.